The zero-order valence-electron chi connectivity index (χ0n) is 10.6. The first-order valence-corrected chi connectivity index (χ1v) is 8.60. The maximum absolute atomic E-state index is 12.0. The van der Waals surface area contributed by atoms with Crippen LogP contribution in [0.5, 0.6) is 0 Å². The molecule has 0 aliphatic heterocycles. The summed E-state index contributed by atoms with van der Waals surface area (Å²) < 4.78 is 24.0. The standard InChI is InChI=1S/C13H26O2S/c1-2-3-4-5-9-12-16(14,15)13-10-7-6-8-11-13/h13H,2-12H2,1H3. The van der Waals surface area contributed by atoms with E-state index in [1.54, 1.807) is 0 Å². The summed E-state index contributed by atoms with van der Waals surface area (Å²) in [6, 6.07) is 0. The molecule has 0 aromatic heterocycles. The van der Waals surface area contributed by atoms with Crippen molar-refractivity contribution in [2.75, 3.05) is 5.75 Å². The Balaban J connectivity index is 2.22. The van der Waals surface area contributed by atoms with Gasteiger partial charge in [-0.25, -0.2) is 8.42 Å². The third-order valence-electron chi connectivity index (χ3n) is 3.59. The first kappa shape index (κ1) is 14.0. The Hall–Kier alpha value is -0.0500. The van der Waals surface area contributed by atoms with Crippen molar-refractivity contribution in [3.05, 3.63) is 0 Å². The lowest BCUT2D eigenvalue weighted by Gasteiger charge is -2.21. The molecule has 2 nitrogen and oxygen atoms in total. The van der Waals surface area contributed by atoms with Crippen LogP contribution in [-0.2, 0) is 9.84 Å². The minimum absolute atomic E-state index is 0.00701. The molecule has 0 radical (unpaired) electrons. The average Bonchev–Trinajstić information content (AvgIpc) is 2.30. The van der Waals surface area contributed by atoms with E-state index in [9.17, 15) is 8.42 Å². The molecule has 0 saturated heterocycles. The molecule has 0 bridgehead atoms. The van der Waals surface area contributed by atoms with Crippen LogP contribution in [0.15, 0.2) is 0 Å². The number of sulfone groups is 1. The smallest absolute Gasteiger partial charge is 0.153 e. The van der Waals surface area contributed by atoms with Gasteiger partial charge in [-0.2, -0.15) is 0 Å². The molecule has 0 atom stereocenters. The van der Waals surface area contributed by atoms with Crippen LogP contribution in [0.4, 0.5) is 0 Å². The zero-order chi connectivity index (χ0) is 11.9. The van der Waals surface area contributed by atoms with Gasteiger partial charge in [0.2, 0.25) is 0 Å². The van der Waals surface area contributed by atoms with E-state index in [4.69, 9.17) is 0 Å². The van der Waals surface area contributed by atoms with E-state index >= 15 is 0 Å². The molecule has 0 unspecified atom stereocenters. The van der Waals surface area contributed by atoms with Crippen LogP contribution in [0, 0.1) is 0 Å². The van der Waals surface area contributed by atoms with Crippen molar-refractivity contribution in [2.45, 2.75) is 76.4 Å². The van der Waals surface area contributed by atoms with Gasteiger partial charge in [-0.1, -0.05) is 51.9 Å². The van der Waals surface area contributed by atoms with Gasteiger partial charge in [-0.3, -0.25) is 0 Å². The molecule has 0 aromatic rings. The molecule has 0 spiro atoms. The second-order valence-corrected chi connectivity index (χ2v) is 7.44. The van der Waals surface area contributed by atoms with Crippen LogP contribution in [0.25, 0.3) is 0 Å². The third-order valence-corrected chi connectivity index (χ3v) is 5.94. The van der Waals surface area contributed by atoms with Crippen molar-refractivity contribution in [3.8, 4) is 0 Å². The fraction of sp³-hybridized carbons (Fsp3) is 1.00. The van der Waals surface area contributed by atoms with E-state index in [-0.39, 0.29) is 5.25 Å². The largest absolute Gasteiger partial charge is 0.229 e. The summed E-state index contributed by atoms with van der Waals surface area (Å²) in [7, 11) is -2.77. The Morgan fingerprint density at radius 2 is 1.56 bits per heavy atom. The van der Waals surface area contributed by atoms with Crippen molar-refractivity contribution in [3.63, 3.8) is 0 Å². The molecule has 1 rings (SSSR count). The van der Waals surface area contributed by atoms with E-state index in [1.807, 2.05) is 0 Å². The lowest BCUT2D eigenvalue weighted by molar-refractivity contribution is 0.482. The summed E-state index contributed by atoms with van der Waals surface area (Å²) in [6.45, 7) is 2.18. The van der Waals surface area contributed by atoms with Gasteiger partial charge < -0.3 is 0 Å². The summed E-state index contributed by atoms with van der Waals surface area (Å²) in [5.41, 5.74) is 0. The molecule has 0 heterocycles. The highest BCUT2D eigenvalue weighted by Crippen LogP contribution is 2.24. The Bertz CT molecular complexity index is 264. The van der Waals surface area contributed by atoms with Crippen LogP contribution < -0.4 is 0 Å². The van der Waals surface area contributed by atoms with Crippen molar-refractivity contribution in [2.24, 2.45) is 0 Å². The number of rotatable bonds is 7. The van der Waals surface area contributed by atoms with Crippen molar-refractivity contribution < 1.29 is 8.42 Å². The van der Waals surface area contributed by atoms with Gasteiger partial charge in [-0.15, -0.1) is 0 Å². The van der Waals surface area contributed by atoms with E-state index in [0.29, 0.717) is 5.75 Å². The summed E-state index contributed by atoms with van der Waals surface area (Å²) in [6.07, 6.45) is 10.9. The maximum Gasteiger partial charge on any atom is 0.153 e. The van der Waals surface area contributed by atoms with Crippen LogP contribution in [0.1, 0.15) is 71.1 Å². The fourth-order valence-electron chi connectivity index (χ4n) is 2.50. The summed E-state index contributed by atoms with van der Waals surface area (Å²) in [5, 5.41) is -0.00701. The van der Waals surface area contributed by atoms with Crippen LogP contribution in [-0.4, -0.2) is 19.4 Å². The Morgan fingerprint density at radius 1 is 0.938 bits per heavy atom. The molecule has 1 fully saturated rings. The van der Waals surface area contributed by atoms with Gasteiger partial charge in [0.15, 0.2) is 9.84 Å². The zero-order valence-corrected chi connectivity index (χ0v) is 11.4. The normalized spacial score (nSPS) is 18.8. The monoisotopic (exact) mass is 246 g/mol. The van der Waals surface area contributed by atoms with E-state index in [0.717, 1.165) is 38.5 Å². The molecule has 1 saturated carbocycles. The van der Waals surface area contributed by atoms with Crippen molar-refractivity contribution >= 4 is 9.84 Å². The highest BCUT2D eigenvalue weighted by Gasteiger charge is 2.26. The first-order chi connectivity index (χ1) is 7.67. The minimum atomic E-state index is -2.77. The van der Waals surface area contributed by atoms with E-state index < -0.39 is 9.84 Å². The summed E-state index contributed by atoms with van der Waals surface area (Å²) >= 11 is 0. The van der Waals surface area contributed by atoms with E-state index in [1.165, 1.54) is 25.7 Å². The second kappa shape index (κ2) is 7.31. The predicted molar refractivity (Wildman–Crippen MR) is 69.4 cm³/mol. The molecule has 96 valence electrons. The average molecular weight is 246 g/mol. The summed E-state index contributed by atoms with van der Waals surface area (Å²) in [4.78, 5) is 0. The third kappa shape index (κ3) is 4.86. The molecule has 0 aromatic carbocycles. The number of unbranched alkanes of at least 4 members (excludes halogenated alkanes) is 4. The van der Waals surface area contributed by atoms with Crippen molar-refractivity contribution in [1.29, 1.82) is 0 Å². The second-order valence-electron chi connectivity index (χ2n) is 5.04. The van der Waals surface area contributed by atoms with Gasteiger partial charge in [0.1, 0.15) is 0 Å². The molecule has 16 heavy (non-hydrogen) atoms. The molecule has 1 aliphatic carbocycles. The summed E-state index contributed by atoms with van der Waals surface area (Å²) in [5.74, 6) is 0.432. The Kier molecular flexibility index (Phi) is 6.40. The molecular formula is C13H26O2S. The molecule has 3 heteroatoms. The van der Waals surface area contributed by atoms with Crippen LogP contribution in [0.3, 0.4) is 0 Å². The van der Waals surface area contributed by atoms with Crippen LogP contribution in [0.2, 0.25) is 0 Å². The Labute approximate surface area is 101 Å². The van der Waals surface area contributed by atoms with Crippen molar-refractivity contribution in [1.82, 2.24) is 0 Å². The predicted octanol–water partition coefficient (Wildman–Crippen LogP) is 3.70. The lowest BCUT2D eigenvalue weighted by atomic mass is 10.0. The molecule has 0 N–H and O–H groups in total. The lowest BCUT2D eigenvalue weighted by Crippen LogP contribution is -2.26. The highest BCUT2D eigenvalue weighted by molar-refractivity contribution is 7.92. The van der Waals surface area contributed by atoms with Gasteiger partial charge in [0.05, 0.1) is 11.0 Å². The maximum atomic E-state index is 12.0. The number of hydrogen-bond donors (Lipinski definition) is 0. The van der Waals surface area contributed by atoms with Crippen LogP contribution >= 0.6 is 0 Å². The first-order valence-electron chi connectivity index (χ1n) is 6.88. The minimum Gasteiger partial charge on any atom is -0.229 e. The SMILES string of the molecule is CCCCCCCS(=O)(=O)C1CCCCC1. The Morgan fingerprint density at radius 3 is 2.19 bits per heavy atom. The topological polar surface area (TPSA) is 34.1 Å². The van der Waals surface area contributed by atoms with E-state index in [2.05, 4.69) is 6.92 Å². The highest BCUT2D eigenvalue weighted by atomic mass is 32.2. The molecule has 0 amide bonds. The van der Waals surface area contributed by atoms with Gasteiger partial charge in [0.25, 0.3) is 0 Å². The number of hydrogen-bond acceptors (Lipinski definition) is 2. The van der Waals surface area contributed by atoms with Gasteiger partial charge >= 0.3 is 0 Å². The molecular weight excluding hydrogens is 220 g/mol. The quantitative estimate of drug-likeness (QED) is 0.642. The fourth-order valence-corrected chi connectivity index (χ4v) is 4.49. The van der Waals surface area contributed by atoms with Gasteiger partial charge in [-0.05, 0) is 19.3 Å². The molecule has 1 aliphatic rings. The van der Waals surface area contributed by atoms with Gasteiger partial charge in [0, 0.05) is 0 Å².